The number of likely N-dealkylation sites (tertiary alicyclic amines) is 1. The minimum atomic E-state index is -1.28. The van der Waals surface area contributed by atoms with Crippen LogP contribution < -0.4 is 5.32 Å². The summed E-state index contributed by atoms with van der Waals surface area (Å²) in [5.41, 5.74) is 0.820. The third-order valence-electron chi connectivity index (χ3n) is 4.93. The first-order chi connectivity index (χ1) is 14.8. The molecule has 0 bridgehead atoms. The summed E-state index contributed by atoms with van der Waals surface area (Å²) in [5, 5.41) is 17.4. The van der Waals surface area contributed by atoms with Crippen molar-refractivity contribution in [1.29, 1.82) is 0 Å². The van der Waals surface area contributed by atoms with Gasteiger partial charge >= 0.3 is 6.09 Å². The lowest BCUT2D eigenvalue weighted by molar-refractivity contribution is 0.0125. The Balaban J connectivity index is 1.67. The molecule has 0 aliphatic carbocycles. The molecule has 10 heteroatoms. The highest BCUT2D eigenvalue weighted by molar-refractivity contribution is 5.68. The van der Waals surface area contributed by atoms with Crippen molar-refractivity contribution < 1.29 is 19.0 Å². The molecule has 0 spiro atoms. The molecule has 0 aromatic carbocycles. The first-order valence-corrected chi connectivity index (χ1v) is 10.8. The molecular weight excluding hydrogens is 415 g/mol. The Bertz CT molecular complexity index is 950. The van der Waals surface area contributed by atoms with Gasteiger partial charge in [0, 0.05) is 24.5 Å². The maximum absolute atomic E-state index is 14.8. The molecule has 3 rings (SSSR count). The van der Waals surface area contributed by atoms with Gasteiger partial charge < -0.3 is 20.1 Å². The first-order valence-electron chi connectivity index (χ1n) is 10.8. The van der Waals surface area contributed by atoms with E-state index < -0.39 is 29.5 Å². The van der Waals surface area contributed by atoms with Crippen molar-refractivity contribution in [3.8, 4) is 11.3 Å². The number of amides is 1. The smallest absolute Gasteiger partial charge is 0.410 e. The lowest BCUT2D eigenvalue weighted by Crippen LogP contribution is -2.51. The van der Waals surface area contributed by atoms with Gasteiger partial charge in [-0.25, -0.2) is 19.2 Å². The number of aliphatic hydroxyl groups is 1. The van der Waals surface area contributed by atoms with Crippen LogP contribution in [0.1, 0.15) is 46.6 Å². The summed E-state index contributed by atoms with van der Waals surface area (Å²) in [6, 6.07) is -0.512. The number of aryl methyl sites for hydroxylation is 1. The quantitative estimate of drug-likeness (QED) is 0.724. The number of carbonyl (C=O) groups excluding carboxylic acids is 1. The third-order valence-corrected chi connectivity index (χ3v) is 4.93. The Kier molecular flexibility index (Phi) is 6.73. The minimum absolute atomic E-state index is 0.0466. The largest absolute Gasteiger partial charge is 0.444 e. The van der Waals surface area contributed by atoms with E-state index in [1.165, 1.54) is 4.90 Å². The van der Waals surface area contributed by atoms with Crippen LogP contribution in [-0.2, 0) is 11.3 Å². The maximum atomic E-state index is 14.8. The van der Waals surface area contributed by atoms with Gasteiger partial charge in [0.2, 0.25) is 5.95 Å². The molecule has 1 aliphatic heterocycles. The van der Waals surface area contributed by atoms with Gasteiger partial charge in [-0.2, -0.15) is 5.10 Å². The van der Waals surface area contributed by atoms with Gasteiger partial charge in [-0.3, -0.25) is 4.68 Å². The van der Waals surface area contributed by atoms with Crippen molar-refractivity contribution in [3.05, 3.63) is 24.2 Å². The number of hydrogen-bond donors (Lipinski definition) is 2. The molecule has 1 fully saturated rings. The number of aromatic nitrogens is 4. The van der Waals surface area contributed by atoms with Gasteiger partial charge in [-0.1, -0.05) is 0 Å². The van der Waals surface area contributed by atoms with E-state index in [1.807, 2.05) is 13.1 Å². The highest BCUT2D eigenvalue weighted by Gasteiger charge is 2.34. The Labute approximate surface area is 188 Å². The van der Waals surface area contributed by atoms with Crippen LogP contribution in [0, 0.1) is 6.92 Å². The fourth-order valence-corrected chi connectivity index (χ4v) is 3.50. The minimum Gasteiger partial charge on any atom is -0.444 e. The molecular formula is C22H33FN6O3. The van der Waals surface area contributed by atoms with Crippen LogP contribution in [-0.4, -0.2) is 72.4 Å². The van der Waals surface area contributed by atoms with E-state index in [1.54, 1.807) is 51.7 Å². The fraction of sp³-hybridized carbons (Fsp3) is 0.636. The summed E-state index contributed by atoms with van der Waals surface area (Å²) in [6.07, 6.45) is 3.81. The molecule has 1 aliphatic rings. The Morgan fingerprint density at radius 1 is 1.31 bits per heavy atom. The fourth-order valence-electron chi connectivity index (χ4n) is 3.50. The number of anilines is 1. The number of piperidine rings is 1. The van der Waals surface area contributed by atoms with Crippen LogP contribution in [0.15, 0.2) is 18.6 Å². The summed E-state index contributed by atoms with van der Waals surface area (Å²) < 4.78 is 21.8. The van der Waals surface area contributed by atoms with Gasteiger partial charge in [0.1, 0.15) is 11.8 Å². The number of nitrogens with zero attached hydrogens (tertiary/aromatic N) is 5. The predicted octanol–water partition coefficient (Wildman–Crippen LogP) is 3.18. The van der Waals surface area contributed by atoms with Crippen LogP contribution in [0.2, 0.25) is 0 Å². The monoisotopic (exact) mass is 448 g/mol. The third kappa shape index (κ3) is 6.38. The molecule has 0 radical (unpaired) electrons. The van der Waals surface area contributed by atoms with E-state index in [4.69, 9.17) is 4.74 Å². The van der Waals surface area contributed by atoms with E-state index in [0.717, 1.165) is 11.1 Å². The molecule has 3 heterocycles. The number of alkyl halides is 1. The van der Waals surface area contributed by atoms with Gasteiger partial charge in [0.15, 0.2) is 0 Å². The molecule has 32 heavy (non-hydrogen) atoms. The zero-order valence-electron chi connectivity index (χ0n) is 19.6. The van der Waals surface area contributed by atoms with Crippen LogP contribution in [0.25, 0.3) is 11.3 Å². The van der Waals surface area contributed by atoms with Crippen molar-refractivity contribution in [2.75, 3.05) is 18.4 Å². The van der Waals surface area contributed by atoms with E-state index in [0.29, 0.717) is 31.2 Å². The molecule has 0 unspecified atom stereocenters. The second kappa shape index (κ2) is 9.01. The Hall–Kier alpha value is -2.75. The van der Waals surface area contributed by atoms with Crippen LogP contribution in [0.4, 0.5) is 15.1 Å². The molecule has 2 aromatic heterocycles. The van der Waals surface area contributed by atoms with Crippen LogP contribution in [0.5, 0.6) is 0 Å². The van der Waals surface area contributed by atoms with E-state index >= 15 is 0 Å². The van der Waals surface area contributed by atoms with E-state index in [-0.39, 0.29) is 6.54 Å². The first kappa shape index (κ1) is 23.9. The molecule has 2 atom stereocenters. The van der Waals surface area contributed by atoms with Crippen molar-refractivity contribution in [1.82, 2.24) is 24.6 Å². The average Bonchev–Trinajstić information content (AvgIpc) is 3.09. The molecule has 2 aromatic rings. The summed E-state index contributed by atoms with van der Waals surface area (Å²) in [7, 11) is 0. The topological polar surface area (TPSA) is 105 Å². The second-order valence-electron chi connectivity index (χ2n) is 9.95. The molecule has 176 valence electrons. The van der Waals surface area contributed by atoms with Crippen LogP contribution in [0.3, 0.4) is 0 Å². The summed E-state index contributed by atoms with van der Waals surface area (Å²) in [6.45, 7) is 11.4. The van der Waals surface area contributed by atoms with Crippen molar-refractivity contribution in [2.45, 2.75) is 77.9 Å². The van der Waals surface area contributed by atoms with Crippen molar-refractivity contribution in [3.63, 3.8) is 0 Å². The average molecular weight is 449 g/mol. The molecule has 9 nitrogen and oxygen atoms in total. The lowest BCUT2D eigenvalue weighted by Gasteiger charge is -2.35. The number of hydrogen-bond acceptors (Lipinski definition) is 7. The summed E-state index contributed by atoms with van der Waals surface area (Å²) in [4.78, 5) is 22.5. The van der Waals surface area contributed by atoms with Crippen molar-refractivity contribution >= 4 is 12.0 Å². The zero-order chi connectivity index (χ0) is 23.7. The number of ether oxygens (including phenoxy) is 1. The number of rotatable bonds is 5. The number of halogens is 1. The molecule has 1 amide bonds. The maximum Gasteiger partial charge on any atom is 0.410 e. The van der Waals surface area contributed by atoms with E-state index in [9.17, 15) is 14.3 Å². The van der Waals surface area contributed by atoms with E-state index in [2.05, 4.69) is 20.4 Å². The predicted molar refractivity (Wildman–Crippen MR) is 119 cm³/mol. The molecule has 0 saturated carbocycles. The van der Waals surface area contributed by atoms with Crippen molar-refractivity contribution in [2.24, 2.45) is 0 Å². The summed E-state index contributed by atoms with van der Waals surface area (Å²) >= 11 is 0. The standard InChI is InChI=1S/C22H33FN6O3/c1-14-9-24-19(27-18(14)15-10-25-29(11-15)13-22(5,6)31)26-17-7-8-28(12-16(17)23)20(30)32-21(2,3)4/h9-11,16-17,31H,7-8,12-13H2,1-6H3,(H,24,26,27)/t16-,17+/m1/s1. The Morgan fingerprint density at radius 3 is 2.66 bits per heavy atom. The van der Waals surface area contributed by atoms with Gasteiger partial charge in [-0.15, -0.1) is 0 Å². The highest BCUT2D eigenvalue weighted by atomic mass is 19.1. The SMILES string of the molecule is Cc1cnc(N[C@H]2CCN(C(=O)OC(C)(C)C)C[C@H]2F)nc1-c1cnn(CC(C)(C)O)c1. The Morgan fingerprint density at radius 2 is 2.03 bits per heavy atom. The van der Waals surface area contributed by atoms with Gasteiger partial charge in [-0.05, 0) is 53.5 Å². The summed E-state index contributed by atoms with van der Waals surface area (Å²) in [5.74, 6) is 0.319. The number of nitrogens with one attached hydrogen (secondary N) is 1. The zero-order valence-corrected chi connectivity index (χ0v) is 19.6. The number of carbonyl (C=O) groups is 1. The van der Waals surface area contributed by atoms with Crippen LogP contribution >= 0.6 is 0 Å². The second-order valence-corrected chi connectivity index (χ2v) is 9.95. The lowest BCUT2D eigenvalue weighted by atomic mass is 10.0. The van der Waals surface area contributed by atoms with Gasteiger partial charge in [0.05, 0.1) is 36.6 Å². The molecule has 2 N–H and O–H groups in total. The van der Waals surface area contributed by atoms with Gasteiger partial charge in [0.25, 0.3) is 0 Å². The molecule has 1 saturated heterocycles. The highest BCUT2D eigenvalue weighted by Crippen LogP contribution is 2.24. The normalized spacial score (nSPS) is 19.7.